The Hall–Kier alpha value is -6.78. The van der Waals surface area contributed by atoms with Gasteiger partial charge in [0, 0.05) is 38.6 Å². The average Bonchev–Trinajstić information content (AvgIpc) is 3.72. The third-order valence-corrected chi connectivity index (χ3v) is 10.6. The summed E-state index contributed by atoms with van der Waals surface area (Å²) in [7, 11) is 0. The number of benzene rings is 7. The van der Waals surface area contributed by atoms with Gasteiger partial charge in [0.1, 0.15) is 22.7 Å². The molecule has 7 aromatic carbocycles. The number of fused-ring (bicyclic) bond motifs is 12. The molecule has 0 amide bonds. The summed E-state index contributed by atoms with van der Waals surface area (Å²) in [4.78, 5) is 10.4. The van der Waals surface area contributed by atoms with E-state index in [1.165, 1.54) is 22.3 Å². The third kappa shape index (κ3) is 3.96. The minimum Gasteiger partial charge on any atom is -0.456 e. The summed E-state index contributed by atoms with van der Waals surface area (Å²) in [6, 6.07) is 59.3. The van der Waals surface area contributed by atoms with Crippen LogP contribution < -0.4 is 4.74 Å². The van der Waals surface area contributed by atoms with Crippen LogP contribution in [0.1, 0.15) is 22.3 Å². The Morgan fingerprint density at radius 1 is 0.412 bits per heavy atom. The maximum absolute atomic E-state index is 6.99. The highest BCUT2D eigenvalue weighted by atomic mass is 16.5. The molecule has 1 aliphatic carbocycles. The number of para-hydroxylation sites is 3. The average molecular weight is 653 g/mol. The molecule has 0 bridgehead atoms. The zero-order valence-corrected chi connectivity index (χ0v) is 27.4. The molecule has 11 rings (SSSR count). The van der Waals surface area contributed by atoms with Crippen LogP contribution in [-0.2, 0) is 5.41 Å². The Kier molecular flexibility index (Phi) is 5.84. The number of ether oxygens (including phenoxy) is 1. The van der Waals surface area contributed by atoms with Crippen LogP contribution in [0.4, 0.5) is 0 Å². The first-order valence-electron chi connectivity index (χ1n) is 17.2. The summed E-state index contributed by atoms with van der Waals surface area (Å²) in [5.74, 6) is 2.30. The molecule has 4 nitrogen and oxygen atoms in total. The monoisotopic (exact) mass is 652 g/mol. The summed E-state index contributed by atoms with van der Waals surface area (Å²) < 4.78 is 13.3. The van der Waals surface area contributed by atoms with Gasteiger partial charge in [-0.1, -0.05) is 133 Å². The molecule has 2 aromatic heterocycles. The molecule has 4 heteroatoms. The van der Waals surface area contributed by atoms with Gasteiger partial charge in [-0.15, -0.1) is 0 Å². The van der Waals surface area contributed by atoms with E-state index in [-0.39, 0.29) is 0 Å². The van der Waals surface area contributed by atoms with Gasteiger partial charge in [-0.2, -0.15) is 0 Å². The Labute approximate surface area is 294 Å². The molecule has 238 valence electrons. The number of nitrogens with zero attached hydrogens (tertiary/aromatic N) is 2. The van der Waals surface area contributed by atoms with E-state index < -0.39 is 5.41 Å². The zero-order valence-electron chi connectivity index (χ0n) is 27.4. The highest BCUT2D eigenvalue weighted by Crippen LogP contribution is 2.63. The minimum atomic E-state index is -0.558. The van der Waals surface area contributed by atoms with Crippen molar-refractivity contribution < 1.29 is 9.15 Å². The van der Waals surface area contributed by atoms with Crippen molar-refractivity contribution in [2.45, 2.75) is 5.41 Å². The van der Waals surface area contributed by atoms with Crippen molar-refractivity contribution in [3.63, 3.8) is 0 Å². The Morgan fingerprint density at radius 3 is 1.86 bits per heavy atom. The molecule has 2 aliphatic rings. The summed E-state index contributed by atoms with van der Waals surface area (Å²) in [5, 5.41) is 2.18. The third-order valence-electron chi connectivity index (χ3n) is 10.6. The lowest BCUT2D eigenvalue weighted by atomic mass is 9.65. The largest absolute Gasteiger partial charge is 0.456 e. The van der Waals surface area contributed by atoms with E-state index in [1.54, 1.807) is 0 Å². The van der Waals surface area contributed by atoms with Crippen molar-refractivity contribution in [1.82, 2.24) is 9.97 Å². The van der Waals surface area contributed by atoms with Gasteiger partial charge < -0.3 is 9.15 Å². The molecule has 0 fully saturated rings. The van der Waals surface area contributed by atoms with Crippen LogP contribution in [0.15, 0.2) is 174 Å². The molecular formula is C47H28N2O2. The lowest BCUT2D eigenvalue weighted by Crippen LogP contribution is -2.32. The van der Waals surface area contributed by atoms with Gasteiger partial charge in [-0.3, -0.25) is 0 Å². The van der Waals surface area contributed by atoms with Crippen LogP contribution in [0.25, 0.3) is 67.0 Å². The highest BCUT2D eigenvalue weighted by molar-refractivity contribution is 6.05. The SMILES string of the molecule is c1ccc(-c2nc(-c3ccc4c(c3)oc3ccccc34)cc(-c3cccc4c3Oc3ccccc3C43c4ccccc4-c4ccccc43)n2)cc1. The number of furan rings is 1. The number of rotatable bonds is 3. The predicted molar refractivity (Wildman–Crippen MR) is 203 cm³/mol. The second kappa shape index (κ2) is 10.6. The van der Waals surface area contributed by atoms with Crippen molar-refractivity contribution in [2.75, 3.05) is 0 Å². The first-order valence-corrected chi connectivity index (χ1v) is 17.2. The number of hydrogen-bond donors (Lipinski definition) is 0. The highest BCUT2D eigenvalue weighted by Gasteiger charge is 2.51. The van der Waals surface area contributed by atoms with Crippen LogP contribution in [0.5, 0.6) is 11.5 Å². The fourth-order valence-electron chi connectivity index (χ4n) is 8.41. The Bertz CT molecular complexity index is 2810. The molecule has 0 atom stereocenters. The van der Waals surface area contributed by atoms with Gasteiger partial charge in [0.25, 0.3) is 0 Å². The molecular weight excluding hydrogens is 625 g/mol. The maximum atomic E-state index is 6.99. The molecule has 0 saturated carbocycles. The lowest BCUT2D eigenvalue weighted by Gasteiger charge is -2.40. The molecule has 0 N–H and O–H groups in total. The Morgan fingerprint density at radius 2 is 1.04 bits per heavy atom. The van der Waals surface area contributed by atoms with Crippen LogP contribution in [-0.4, -0.2) is 9.97 Å². The molecule has 1 aliphatic heterocycles. The molecule has 1 spiro atoms. The van der Waals surface area contributed by atoms with Crippen LogP contribution in [0.2, 0.25) is 0 Å². The van der Waals surface area contributed by atoms with Crippen molar-refractivity contribution in [1.29, 1.82) is 0 Å². The van der Waals surface area contributed by atoms with E-state index in [9.17, 15) is 0 Å². The first kappa shape index (κ1) is 28.1. The van der Waals surface area contributed by atoms with E-state index >= 15 is 0 Å². The molecule has 0 unspecified atom stereocenters. The van der Waals surface area contributed by atoms with E-state index in [0.29, 0.717) is 5.82 Å². The van der Waals surface area contributed by atoms with E-state index in [0.717, 1.165) is 72.6 Å². The topological polar surface area (TPSA) is 48.2 Å². The normalized spacial score (nSPS) is 13.4. The van der Waals surface area contributed by atoms with Crippen molar-refractivity contribution in [2.24, 2.45) is 0 Å². The van der Waals surface area contributed by atoms with Gasteiger partial charge in [0.15, 0.2) is 5.82 Å². The van der Waals surface area contributed by atoms with Gasteiger partial charge >= 0.3 is 0 Å². The van der Waals surface area contributed by atoms with Gasteiger partial charge in [-0.05, 0) is 58.7 Å². The number of hydrogen-bond acceptors (Lipinski definition) is 4. The number of aromatic nitrogens is 2. The molecule has 3 heterocycles. The fourth-order valence-corrected chi connectivity index (χ4v) is 8.41. The molecule has 0 saturated heterocycles. The second-order valence-electron chi connectivity index (χ2n) is 13.3. The molecule has 0 radical (unpaired) electrons. The van der Waals surface area contributed by atoms with E-state index in [2.05, 4.69) is 133 Å². The standard InChI is InChI=1S/C47H28N2O2/c1-2-13-29(14-3-1)46-48-40(30-25-26-34-33-17-6-10-23-42(33)50-44(34)27-30)28-41(49-46)35-18-12-22-39-45(35)51-43-24-11-9-21-38(43)47(39)36-19-7-4-15-31(36)32-16-5-8-20-37(32)47/h1-28H. The predicted octanol–water partition coefficient (Wildman–Crippen LogP) is 11.8. The van der Waals surface area contributed by atoms with Crippen molar-refractivity contribution in [3.8, 4) is 56.5 Å². The summed E-state index contributed by atoms with van der Waals surface area (Å²) in [6.45, 7) is 0. The smallest absolute Gasteiger partial charge is 0.160 e. The maximum Gasteiger partial charge on any atom is 0.160 e. The second-order valence-corrected chi connectivity index (χ2v) is 13.3. The summed E-state index contributed by atoms with van der Waals surface area (Å²) in [6.07, 6.45) is 0. The quantitative estimate of drug-likeness (QED) is 0.191. The minimum absolute atomic E-state index is 0.558. The van der Waals surface area contributed by atoms with Crippen LogP contribution in [0.3, 0.4) is 0 Å². The van der Waals surface area contributed by atoms with Crippen molar-refractivity contribution >= 4 is 21.9 Å². The molecule has 51 heavy (non-hydrogen) atoms. The Balaban J connectivity index is 1.17. The summed E-state index contributed by atoms with van der Waals surface area (Å²) >= 11 is 0. The first-order chi connectivity index (χ1) is 25.3. The van der Waals surface area contributed by atoms with Gasteiger partial charge in [0.05, 0.1) is 16.8 Å². The van der Waals surface area contributed by atoms with E-state index in [4.69, 9.17) is 19.1 Å². The zero-order chi connectivity index (χ0) is 33.5. The molecule has 9 aromatic rings. The fraction of sp³-hybridized carbons (Fsp3) is 0.0213. The van der Waals surface area contributed by atoms with Gasteiger partial charge in [0.2, 0.25) is 0 Å². The van der Waals surface area contributed by atoms with Crippen LogP contribution in [0, 0.1) is 0 Å². The van der Waals surface area contributed by atoms with Crippen molar-refractivity contribution in [3.05, 3.63) is 192 Å². The van der Waals surface area contributed by atoms with Crippen LogP contribution >= 0.6 is 0 Å². The lowest BCUT2D eigenvalue weighted by molar-refractivity contribution is 0.438. The van der Waals surface area contributed by atoms with E-state index in [1.807, 2.05) is 36.4 Å². The summed E-state index contributed by atoms with van der Waals surface area (Å²) in [5.41, 5.74) is 12.8. The van der Waals surface area contributed by atoms with Gasteiger partial charge in [-0.25, -0.2) is 9.97 Å².